The number of aliphatic hydroxyl groups excluding tert-OH is 1. The smallest absolute Gasteiger partial charge is 0.407 e. The van der Waals surface area contributed by atoms with Crippen LogP contribution in [-0.4, -0.2) is 54.2 Å². The van der Waals surface area contributed by atoms with Crippen LogP contribution in [-0.2, 0) is 19.0 Å². The van der Waals surface area contributed by atoms with Crippen LogP contribution in [0, 0.1) is 24.2 Å². The van der Waals surface area contributed by atoms with Crippen molar-refractivity contribution in [3.8, 4) is 12.3 Å². The van der Waals surface area contributed by atoms with Gasteiger partial charge < -0.3 is 24.6 Å². The van der Waals surface area contributed by atoms with Crippen molar-refractivity contribution < 1.29 is 28.9 Å². The molecule has 2 N–H and O–H groups in total. The van der Waals surface area contributed by atoms with Gasteiger partial charge in [-0.05, 0) is 39.2 Å². The Morgan fingerprint density at radius 1 is 1.35 bits per heavy atom. The molecule has 1 fully saturated rings. The van der Waals surface area contributed by atoms with Crippen LogP contribution in [0.15, 0.2) is 71.9 Å². The molecule has 1 unspecified atom stereocenters. The lowest BCUT2D eigenvalue weighted by Gasteiger charge is -2.39. The number of rotatable bonds is 12. The maximum atomic E-state index is 12.4. The standard InChI is InChI=1S/C33H45NO6/c1-7-9-19-38-33(37)34-28(31-22-29(35)26(6)30(40-31)12-8-2)15-10-13-23(3)20-25(5)21-24(4)17-18-27-14-11-16-32(36)39-27/h1,8,10-13,15-18,21,25-31,35H,9,14,19-20,22H2,2-6H3,(H,34,37)/b12-8+,15-10+,18-17+,23-13+,24-21-/t25-,26+,27-,28?,29-,30+,31+/m1/s1. The summed E-state index contributed by atoms with van der Waals surface area (Å²) in [7, 11) is 0. The predicted octanol–water partition coefficient (Wildman–Crippen LogP) is 5.74. The van der Waals surface area contributed by atoms with E-state index in [1.807, 2.05) is 69.4 Å². The van der Waals surface area contributed by atoms with Crippen molar-refractivity contribution in [2.45, 2.75) is 90.8 Å². The predicted molar refractivity (Wildman–Crippen MR) is 158 cm³/mol. The minimum atomic E-state index is -0.578. The number of esters is 1. The van der Waals surface area contributed by atoms with Gasteiger partial charge >= 0.3 is 12.1 Å². The Balaban J connectivity index is 2.04. The van der Waals surface area contributed by atoms with Gasteiger partial charge in [-0.15, -0.1) is 12.3 Å². The molecule has 0 aromatic heterocycles. The van der Waals surface area contributed by atoms with Crippen LogP contribution in [0.2, 0.25) is 0 Å². The first-order chi connectivity index (χ1) is 19.1. The number of hydrogen-bond acceptors (Lipinski definition) is 6. The SMILES string of the molecule is C#CCCOC(=O)NC(/C=C/C=C(\C)C[C@@H](C)/C=C(C)\C=C\[C@H]1CC=CC(=O)O1)[C@@H]1C[C@@H](O)[C@H](C)[C@H](/C=C/C)O1. The highest BCUT2D eigenvalue weighted by atomic mass is 16.6. The molecule has 0 radical (unpaired) electrons. The number of aliphatic hydroxyl groups is 1. The van der Waals surface area contributed by atoms with Crippen LogP contribution >= 0.6 is 0 Å². The van der Waals surface area contributed by atoms with E-state index >= 15 is 0 Å². The molecule has 2 heterocycles. The number of terminal acetylenes is 1. The molecule has 218 valence electrons. The molecule has 0 aromatic rings. The molecule has 0 spiro atoms. The molecule has 0 aromatic carbocycles. The van der Waals surface area contributed by atoms with E-state index in [0.29, 0.717) is 25.2 Å². The zero-order chi connectivity index (χ0) is 29.5. The second kappa shape index (κ2) is 17.4. The number of amides is 1. The van der Waals surface area contributed by atoms with Gasteiger partial charge in [-0.25, -0.2) is 9.59 Å². The maximum Gasteiger partial charge on any atom is 0.407 e. The largest absolute Gasteiger partial charge is 0.455 e. The van der Waals surface area contributed by atoms with Crippen molar-refractivity contribution in [1.29, 1.82) is 0 Å². The van der Waals surface area contributed by atoms with Crippen LogP contribution in [0.4, 0.5) is 4.79 Å². The first-order valence-corrected chi connectivity index (χ1v) is 14.0. The zero-order valence-electron chi connectivity index (χ0n) is 24.4. The maximum absolute atomic E-state index is 12.4. The van der Waals surface area contributed by atoms with Crippen molar-refractivity contribution in [3.63, 3.8) is 0 Å². The number of nitrogens with one attached hydrogen (secondary N) is 1. The highest BCUT2D eigenvalue weighted by Gasteiger charge is 2.37. The molecule has 0 saturated carbocycles. The molecular weight excluding hydrogens is 506 g/mol. The summed E-state index contributed by atoms with van der Waals surface area (Å²) in [5.41, 5.74) is 2.27. The summed E-state index contributed by atoms with van der Waals surface area (Å²) in [5, 5.41) is 13.5. The average molecular weight is 552 g/mol. The molecule has 2 aliphatic rings. The Bertz CT molecular complexity index is 1060. The van der Waals surface area contributed by atoms with Crippen LogP contribution < -0.4 is 5.32 Å². The first-order valence-electron chi connectivity index (χ1n) is 14.0. The summed E-state index contributed by atoms with van der Waals surface area (Å²) < 4.78 is 16.7. The third-order valence-corrected chi connectivity index (χ3v) is 6.83. The van der Waals surface area contributed by atoms with Crippen LogP contribution in [0.5, 0.6) is 0 Å². The normalized spacial score (nSPS) is 27.5. The van der Waals surface area contributed by atoms with E-state index in [9.17, 15) is 14.7 Å². The second-order valence-electron chi connectivity index (χ2n) is 10.5. The molecular formula is C33H45NO6. The van der Waals surface area contributed by atoms with Gasteiger partial charge in [0.15, 0.2) is 0 Å². The third kappa shape index (κ3) is 11.8. The molecule has 0 aliphatic carbocycles. The lowest BCUT2D eigenvalue weighted by Crippen LogP contribution is -2.51. The summed E-state index contributed by atoms with van der Waals surface area (Å²) in [5.74, 6) is 2.39. The lowest BCUT2D eigenvalue weighted by atomic mass is 9.87. The second-order valence-corrected chi connectivity index (χ2v) is 10.5. The quantitative estimate of drug-likeness (QED) is 0.106. The Kier molecular flexibility index (Phi) is 14.3. The van der Waals surface area contributed by atoms with E-state index < -0.39 is 24.3 Å². The molecule has 1 amide bonds. The minimum absolute atomic E-state index is 0.0517. The van der Waals surface area contributed by atoms with Gasteiger partial charge in [0.1, 0.15) is 12.7 Å². The number of ether oxygens (including phenoxy) is 3. The van der Waals surface area contributed by atoms with Crippen molar-refractivity contribution in [2.24, 2.45) is 11.8 Å². The highest BCUT2D eigenvalue weighted by Crippen LogP contribution is 2.28. The van der Waals surface area contributed by atoms with Gasteiger partial charge in [0.25, 0.3) is 0 Å². The van der Waals surface area contributed by atoms with Crippen LogP contribution in [0.25, 0.3) is 0 Å². The Morgan fingerprint density at radius 3 is 2.83 bits per heavy atom. The van der Waals surface area contributed by atoms with E-state index in [1.54, 1.807) is 0 Å². The van der Waals surface area contributed by atoms with E-state index in [0.717, 1.165) is 12.0 Å². The van der Waals surface area contributed by atoms with Crippen molar-refractivity contribution in [2.75, 3.05) is 6.61 Å². The first kappa shape index (κ1) is 32.9. The monoisotopic (exact) mass is 551 g/mol. The van der Waals surface area contributed by atoms with E-state index in [1.165, 1.54) is 11.6 Å². The summed E-state index contributed by atoms with van der Waals surface area (Å²) in [6, 6.07) is -0.495. The van der Waals surface area contributed by atoms with Crippen molar-refractivity contribution >= 4 is 12.1 Å². The topological polar surface area (TPSA) is 94.1 Å². The average Bonchev–Trinajstić information content (AvgIpc) is 2.89. The fraction of sp³-hybridized carbons (Fsp3) is 0.515. The van der Waals surface area contributed by atoms with Gasteiger partial charge in [-0.3, -0.25) is 0 Å². The van der Waals surface area contributed by atoms with E-state index in [-0.39, 0.29) is 30.7 Å². The van der Waals surface area contributed by atoms with Gasteiger partial charge in [-0.2, -0.15) is 0 Å². The molecule has 1 saturated heterocycles. The number of allylic oxidation sites excluding steroid dienone is 7. The van der Waals surface area contributed by atoms with Crippen molar-refractivity contribution in [3.05, 3.63) is 71.9 Å². The molecule has 7 atom stereocenters. The van der Waals surface area contributed by atoms with E-state index in [4.69, 9.17) is 20.6 Å². The fourth-order valence-corrected chi connectivity index (χ4v) is 4.73. The van der Waals surface area contributed by atoms with Gasteiger partial charge in [0, 0.05) is 31.3 Å². The summed E-state index contributed by atoms with van der Waals surface area (Å²) in [6.45, 7) is 10.3. The molecule has 7 nitrogen and oxygen atoms in total. The zero-order valence-corrected chi connectivity index (χ0v) is 24.4. The summed E-state index contributed by atoms with van der Waals surface area (Å²) in [6.07, 6.45) is 24.5. The molecule has 7 heteroatoms. The fourth-order valence-electron chi connectivity index (χ4n) is 4.73. The van der Waals surface area contributed by atoms with E-state index in [2.05, 4.69) is 31.2 Å². The van der Waals surface area contributed by atoms with Gasteiger partial charge in [-0.1, -0.05) is 73.6 Å². The molecule has 2 aliphatic heterocycles. The van der Waals surface area contributed by atoms with Crippen LogP contribution in [0.3, 0.4) is 0 Å². The highest BCUT2D eigenvalue weighted by molar-refractivity contribution is 5.82. The summed E-state index contributed by atoms with van der Waals surface area (Å²) in [4.78, 5) is 23.8. The van der Waals surface area contributed by atoms with Crippen molar-refractivity contribution in [1.82, 2.24) is 5.32 Å². The molecule has 0 bridgehead atoms. The van der Waals surface area contributed by atoms with Gasteiger partial charge in [0.2, 0.25) is 0 Å². The number of carbonyl (C=O) groups is 2. The Labute approximate surface area is 239 Å². The number of carbonyl (C=O) groups excluding carboxylic acids is 2. The molecule has 2 rings (SSSR count). The number of cyclic esters (lactones) is 1. The minimum Gasteiger partial charge on any atom is -0.455 e. The molecule has 40 heavy (non-hydrogen) atoms. The van der Waals surface area contributed by atoms with Gasteiger partial charge in [0.05, 0.1) is 24.4 Å². The number of hydrogen-bond donors (Lipinski definition) is 2. The lowest BCUT2D eigenvalue weighted by molar-refractivity contribution is -0.141. The third-order valence-electron chi connectivity index (χ3n) is 6.83. The Hall–Kier alpha value is -3.34. The Morgan fingerprint density at radius 2 is 2.12 bits per heavy atom. The van der Waals surface area contributed by atoms with Crippen LogP contribution in [0.1, 0.15) is 60.3 Å². The summed E-state index contributed by atoms with van der Waals surface area (Å²) >= 11 is 0. The number of alkyl carbamates (subject to hydrolysis) is 1.